The highest BCUT2D eigenvalue weighted by molar-refractivity contribution is 14.1. The Morgan fingerprint density at radius 3 is 2.15 bits per heavy atom. The molecule has 0 N–H and O–H groups in total. The first-order chi connectivity index (χ1) is 9.45. The summed E-state index contributed by atoms with van der Waals surface area (Å²) in [7, 11) is 0. The largest absolute Gasteiger partial charge is 0.0587 e. The summed E-state index contributed by atoms with van der Waals surface area (Å²) >= 11 is 6.06. The number of aryl methyl sites for hydroxylation is 3. The lowest BCUT2D eigenvalue weighted by atomic mass is 9.90. The van der Waals surface area contributed by atoms with Crippen LogP contribution in [0.3, 0.4) is 0 Å². The lowest BCUT2D eigenvalue weighted by molar-refractivity contribution is 1.26. The number of benzene rings is 2. The van der Waals surface area contributed by atoms with Crippen LogP contribution in [-0.2, 0) is 0 Å². The van der Waals surface area contributed by atoms with Crippen molar-refractivity contribution in [1.29, 1.82) is 0 Å². The van der Waals surface area contributed by atoms with Gasteiger partial charge in [-0.15, -0.1) is 0 Å². The average molecular weight is 441 g/mol. The van der Waals surface area contributed by atoms with E-state index in [1.165, 1.54) is 43.4 Å². The van der Waals surface area contributed by atoms with Gasteiger partial charge in [0.1, 0.15) is 0 Å². The molecule has 0 nitrogen and oxygen atoms in total. The van der Waals surface area contributed by atoms with Crippen molar-refractivity contribution in [3.63, 3.8) is 0 Å². The zero-order valence-corrected chi connectivity index (χ0v) is 16.0. The number of hydrogen-bond donors (Lipinski definition) is 0. The van der Waals surface area contributed by atoms with Crippen molar-refractivity contribution < 1.29 is 0 Å². The maximum absolute atomic E-state index is 3.72. The van der Waals surface area contributed by atoms with Gasteiger partial charge in [0.15, 0.2) is 0 Å². The fourth-order valence-corrected chi connectivity index (χ4v) is 3.55. The molecule has 2 rings (SSSR count). The summed E-state index contributed by atoms with van der Waals surface area (Å²) in [6, 6.07) is 11.0. The molecule has 0 fully saturated rings. The van der Waals surface area contributed by atoms with Gasteiger partial charge in [-0.05, 0) is 65.2 Å². The van der Waals surface area contributed by atoms with Crippen molar-refractivity contribution in [3.05, 3.63) is 72.3 Å². The van der Waals surface area contributed by atoms with Gasteiger partial charge in [-0.25, -0.2) is 0 Å². The van der Waals surface area contributed by atoms with E-state index in [2.05, 4.69) is 101 Å². The molecule has 2 aromatic rings. The molecule has 104 valence electrons. The lowest BCUT2D eigenvalue weighted by Crippen LogP contribution is -1.98. The van der Waals surface area contributed by atoms with E-state index < -0.39 is 0 Å². The smallest absolute Gasteiger partial charge is 0.0240 e. The predicted octanol–water partition coefficient (Wildman–Crippen LogP) is 6.51. The van der Waals surface area contributed by atoms with Crippen LogP contribution in [0.4, 0.5) is 0 Å². The van der Waals surface area contributed by atoms with Crippen LogP contribution in [0.1, 0.15) is 33.4 Å². The predicted molar refractivity (Wildman–Crippen MR) is 101 cm³/mol. The fraction of sp³-hybridized carbons (Fsp3) is 0.222. The molecule has 20 heavy (non-hydrogen) atoms. The number of hydrogen-bond acceptors (Lipinski definition) is 0. The van der Waals surface area contributed by atoms with Crippen molar-refractivity contribution in [2.75, 3.05) is 0 Å². The van der Waals surface area contributed by atoms with Crippen LogP contribution in [0.2, 0.25) is 0 Å². The summed E-state index contributed by atoms with van der Waals surface area (Å²) in [5.74, 6) is 0. The van der Waals surface area contributed by atoms with Crippen molar-refractivity contribution >= 4 is 44.1 Å². The Bertz CT molecular complexity index is 667. The summed E-state index contributed by atoms with van der Waals surface area (Å²) in [6.07, 6.45) is 0. The third-order valence-corrected chi connectivity index (χ3v) is 5.46. The van der Waals surface area contributed by atoms with Crippen molar-refractivity contribution in [2.24, 2.45) is 0 Å². The molecule has 0 saturated heterocycles. The van der Waals surface area contributed by atoms with Gasteiger partial charge in [-0.3, -0.25) is 0 Å². The van der Waals surface area contributed by atoms with Gasteiger partial charge < -0.3 is 0 Å². The van der Waals surface area contributed by atoms with Gasteiger partial charge in [0.2, 0.25) is 0 Å². The topological polar surface area (TPSA) is 0 Å². The Kier molecular flexibility index (Phi) is 5.08. The highest BCUT2D eigenvalue weighted by Crippen LogP contribution is 2.35. The summed E-state index contributed by atoms with van der Waals surface area (Å²) in [4.78, 5) is 0. The second kappa shape index (κ2) is 6.44. The number of rotatable bonds is 2. The fourth-order valence-electron chi connectivity index (χ4n) is 2.57. The van der Waals surface area contributed by atoms with E-state index in [0.717, 1.165) is 0 Å². The van der Waals surface area contributed by atoms with E-state index in [0.29, 0.717) is 0 Å². The third-order valence-electron chi connectivity index (χ3n) is 3.62. The highest BCUT2D eigenvalue weighted by atomic mass is 127. The van der Waals surface area contributed by atoms with E-state index >= 15 is 0 Å². The molecule has 0 atom stereocenters. The molecule has 0 aliphatic rings. The molecule has 0 heterocycles. The summed E-state index contributed by atoms with van der Waals surface area (Å²) in [6.45, 7) is 8.65. The minimum absolute atomic E-state index is 1.21. The standard InChI is InChI=1S/C18H18BrI/c1-11-5-7-15(8-6-11)16(10-20)17-12(2)9-13(3)18(19)14(17)4/h5-10H,1-4H3/b16-10+. The van der Waals surface area contributed by atoms with Crippen molar-refractivity contribution in [1.82, 2.24) is 0 Å². The van der Waals surface area contributed by atoms with E-state index in [4.69, 9.17) is 0 Å². The molecule has 0 spiro atoms. The SMILES string of the molecule is Cc1ccc(/C(=C\I)c2c(C)cc(C)c(Br)c2C)cc1. The van der Waals surface area contributed by atoms with Gasteiger partial charge in [0, 0.05) is 4.47 Å². The minimum Gasteiger partial charge on any atom is -0.0587 e. The van der Waals surface area contributed by atoms with Gasteiger partial charge >= 0.3 is 0 Å². The van der Waals surface area contributed by atoms with Gasteiger partial charge in [0.05, 0.1) is 0 Å². The Balaban J connectivity index is 2.65. The second-order valence-electron chi connectivity index (χ2n) is 5.21. The van der Waals surface area contributed by atoms with Crippen molar-refractivity contribution in [2.45, 2.75) is 27.7 Å². The van der Waals surface area contributed by atoms with Crippen LogP contribution in [-0.4, -0.2) is 0 Å². The molecular formula is C18H18BrI. The molecule has 2 heteroatoms. The summed E-state index contributed by atoms with van der Waals surface area (Å²) in [5, 5.41) is 0. The first-order valence-corrected chi connectivity index (χ1v) is 8.63. The monoisotopic (exact) mass is 440 g/mol. The number of halogens is 2. The van der Waals surface area contributed by atoms with E-state index in [-0.39, 0.29) is 0 Å². The van der Waals surface area contributed by atoms with Gasteiger partial charge in [-0.1, -0.05) is 74.4 Å². The van der Waals surface area contributed by atoms with Crippen LogP contribution >= 0.6 is 38.5 Å². The van der Waals surface area contributed by atoms with E-state index in [9.17, 15) is 0 Å². The van der Waals surface area contributed by atoms with Crippen LogP contribution in [0.5, 0.6) is 0 Å². The molecule has 0 unspecified atom stereocenters. The second-order valence-corrected chi connectivity index (χ2v) is 6.63. The first-order valence-electron chi connectivity index (χ1n) is 6.59. The average Bonchev–Trinajstić information content (AvgIpc) is 2.42. The summed E-state index contributed by atoms with van der Waals surface area (Å²) < 4.78 is 3.39. The minimum atomic E-state index is 1.21. The first kappa shape index (κ1) is 15.8. The normalized spacial score (nSPS) is 11.8. The Hall–Kier alpha value is -0.610. The van der Waals surface area contributed by atoms with Crippen LogP contribution in [0, 0.1) is 27.7 Å². The van der Waals surface area contributed by atoms with Crippen molar-refractivity contribution in [3.8, 4) is 0 Å². The Morgan fingerprint density at radius 2 is 1.60 bits per heavy atom. The van der Waals surface area contributed by atoms with E-state index in [1.54, 1.807) is 0 Å². The summed E-state index contributed by atoms with van der Waals surface area (Å²) in [5.41, 5.74) is 9.12. The zero-order chi connectivity index (χ0) is 14.9. The molecular weight excluding hydrogens is 423 g/mol. The Morgan fingerprint density at radius 1 is 1.00 bits per heavy atom. The van der Waals surface area contributed by atoms with Gasteiger partial charge in [0.25, 0.3) is 0 Å². The third kappa shape index (κ3) is 3.01. The molecule has 2 aromatic carbocycles. The van der Waals surface area contributed by atoms with Crippen LogP contribution < -0.4 is 0 Å². The maximum Gasteiger partial charge on any atom is 0.0240 e. The molecule has 0 aliphatic carbocycles. The molecule has 0 saturated carbocycles. The van der Waals surface area contributed by atoms with Crippen LogP contribution in [0.15, 0.2) is 38.9 Å². The lowest BCUT2D eigenvalue weighted by Gasteiger charge is -2.17. The van der Waals surface area contributed by atoms with Gasteiger partial charge in [-0.2, -0.15) is 0 Å². The maximum atomic E-state index is 3.72. The molecule has 0 amide bonds. The highest BCUT2D eigenvalue weighted by Gasteiger charge is 2.14. The van der Waals surface area contributed by atoms with E-state index in [1.807, 2.05) is 0 Å². The van der Waals surface area contributed by atoms with Crippen LogP contribution in [0.25, 0.3) is 5.57 Å². The molecule has 0 aromatic heterocycles. The zero-order valence-electron chi connectivity index (χ0n) is 12.2. The molecule has 0 aliphatic heterocycles. The molecule has 0 radical (unpaired) electrons. The Labute approximate surface area is 143 Å². The molecule has 0 bridgehead atoms. The quantitative estimate of drug-likeness (QED) is 0.467.